The van der Waals surface area contributed by atoms with Crippen molar-refractivity contribution in [2.45, 2.75) is 32.9 Å². The summed E-state index contributed by atoms with van der Waals surface area (Å²) in [5, 5.41) is 2.79. The van der Waals surface area contributed by atoms with Gasteiger partial charge in [0.15, 0.2) is 6.10 Å². The molecule has 0 radical (unpaired) electrons. The Labute approximate surface area is 95.8 Å². The molecule has 0 bridgehead atoms. The molecule has 0 spiro atoms. The molecule has 1 aromatic rings. The number of carbonyl (C=O) groups is 1. The number of amides is 1. The summed E-state index contributed by atoms with van der Waals surface area (Å²) >= 11 is 0. The SMILES string of the molecule is CC(C)NC(=O)C(C)Oc1ccc(N)cc1. The average molecular weight is 222 g/mol. The molecule has 0 heterocycles. The molecule has 0 saturated heterocycles. The van der Waals surface area contributed by atoms with Gasteiger partial charge in [-0.25, -0.2) is 0 Å². The normalized spacial score (nSPS) is 12.2. The quantitative estimate of drug-likeness (QED) is 0.760. The third-order valence-corrected chi connectivity index (χ3v) is 1.99. The maximum atomic E-state index is 11.6. The van der Waals surface area contributed by atoms with Crippen LogP contribution in [0.25, 0.3) is 0 Å². The third-order valence-electron chi connectivity index (χ3n) is 1.99. The van der Waals surface area contributed by atoms with Crippen molar-refractivity contribution in [1.29, 1.82) is 0 Å². The Morgan fingerprint density at radius 2 is 1.81 bits per heavy atom. The van der Waals surface area contributed by atoms with Crippen molar-refractivity contribution in [1.82, 2.24) is 5.32 Å². The highest BCUT2D eigenvalue weighted by atomic mass is 16.5. The van der Waals surface area contributed by atoms with Gasteiger partial charge in [-0.2, -0.15) is 0 Å². The first kappa shape index (κ1) is 12.4. The minimum Gasteiger partial charge on any atom is -0.481 e. The number of anilines is 1. The van der Waals surface area contributed by atoms with Gasteiger partial charge in [0.2, 0.25) is 0 Å². The molecular weight excluding hydrogens is 204 g/mol. The summed E-state index contributed by atoms with van der Waals surface area (Å²) in [4.78, 5) is 11.6. The molecule has 0 fully saturated rings. The molecule has 3 N–H and O–H groups in total. The van der Waals surface area contributed by atoms with E-state index in [-0.39, 0.29) is 11.9 Å². The largest absolute Gasteiger partial charge is 0.481 e. The number of rotatable bonds is 4. The second kappa shape index (κ2) is 5.39. The molecular formula is C12H18N2O2. The van der Waals surface area contributed by atoms with E-state index in [9.17, 15) is 4.79 Å². The van der Waals surface area contributed by atoms with Gasteiger partial charge in [0.25, 0.3) is 5.91 Å². The Balaban J connectivity index is 2.53. The molecule has 0 aliphatic rings. The minimum atomic E-state index is -0.508. The number of ether oxygens (including phenoxy) is 1. The number of hydrogen-bond donors (Lipinski definition) is 2. The Morgan fingerprint density at radius 3 is 2.31 bits per heavy atom. The molecule has 0 saturated carbocycles. The van der Waals surface area contributed by atoms with Crippen LogP contribution in [0.2, 0.25) is 0 Å². The monoisotopic (exact) mass is 222 g/mol. The van der Waals surface area contributed by atoms with Crippen molar-refractivity contribution < 1.29 is 9.53 Å². The van der Waals surface area contributed by atoms with Crippen LogP contribution in [0.3, 0.4) is 0 Å². The van der Waals surface area contributed by atoms with Gasteiger partial charge in [-0.05, 0) is 45.0 Å². The van der Waals surface area contributed by atoms with Crippen LogP contribution in [-0.4, -0.2) is 18.1 Å². The number of nitrogens with one attached hydrogen (secondary N) is 1. The molecule has 88 valence electrons. The fourth-order valence-electron chi connectivity index (χ4n) is 1.21. The van der Waals surface area contributed by atoms with E-state index in [1.807, 2.05) is 13.8 Å². The molecule has 1 amide bonds. The van der Waals surface area contributed by atoms with Gasteiger partial charge in [0.05, 0.1) is 0 Å². The second-order valence-electron chi connectivity index (χ2n) is 3.99. The number of nitrogen functional groups attached to an aromatic ring is 1. The zero-order chi connectivity index (χ0) is 12.1. The van der Waals surface area contributed by atoms with Crippen LogP contribution in [0.5, 0.6) is 5.75 Å². The number of carbonyl (C=O) groups excluding carboxylic acids is 1. The van der Waals surface area contributed by atoms with Gasteiger partial charge in [-0.1, -0.05) is 0 Å². The van der Waals surface area contributed by atoms with Crippen molar-refractivity contribution in [3.63, 3.8) is 0 Å². The van der Waals surface area contributed by atoms with Crippen molar-refractivity contribution in [2.75, 3.05) is 5.73 Å². The molecule has 0 aliphatic carbocycles. The van der Waals surface area contributed by atoms with Crippen LogP contribution in [0, 0.1) is 0 Å². The summed E-state index contributed by atoms with van der Waals surface area (Å²) in [5.74, 6) is 0.521. The van der Waals surface area contributed by atoms with E-state index in [1.165, 1.54) is 0 Å². The smallest absolute Gasteiger partial charge is 0.260 e. The highest BCUT2D eigenvalue weighted by Crippen LogP contribution is 2.14. The van der Waals surface area contributed by atoms with Crippen LogP contribution < -0.4 is 15.8 Å². The lowest BCUT2D eigenvalue weighted by atomic mass is 10.3. The van der Waals surface area contributed by atoms with E-state index in [0.29, 0.717) is 11.4 Å². The van der Waals surface area contributed by atoms with Crippen LogP contribution in [-0.2, 0) is 4.79 Å². The molecule has 1 atom stereocenters. The Hall–Kier alpha value is -1.71. The van der Waals surface area contributed by atoms with Crippen LogP contribution in [0.1, 0.15) is 20.8 Å². The van der Waals surface area contributed by atoms with Crippen molar-refractivity contribution >= 4 is 11.6 Å². The summed E-state index contributed by atoms with van der Waals surface area (Å²) in [6, 6.07) is 7.08. The molecule has 1 aromatic carbocycles. The van der Waals surface area contributed by atoms with Crippen LogP contribution in [0.15, 0.2) is 24.3 Å². The molecule has 4 nitrogen and oxygen atoms in total. The number of benzene rings is 1. The summed E-state index contributed by atoms with van der Waals surface area (Å²) in [5.41, 5.74) is 6.22. The molecule has 0 aliphatic heterocycles. The van der Waals surface area contributed by atoms with Gasteiger partial charge < -0.3 is 15.8 Å². The van der Waals surface area contributed by atoms with Gasteiger partial charge in [0.1, 0.15) is 5.75 Å². The fourth-order valence-corrected chi connectivity index (χ4v) is 1.21. The maximum absolute atomic E-state index is 11.6. The lowest BCUT2D eigenvalue weighted by Crippen LogP contribution is -2.39. The van der Waals surface area contributed by atoms with Gasteiger partial charge in [-0.3, -0.25) is 4.79 Å². The minimum absolute atomic E-state index is 0.116. The van der Waals surface area contributed by atoms with E-state index in [1.54, 1.807) is 31.2 Å². The van der Waals surface area contributed by atoms with Gasteiger partial charge >= 0.3 is 0 Å². The van der Waals surface area contributed by atoms with E-state index in [2.05, 4.69) is 5.32 Å². The first-order valence-electron chi connectivity index (χ1n) is 5.31. The maximum Gasteiger partial charge on any atom is 0.260 e. The van der Waals surface area contributed by atoms with Crippen LogP contribution in [0.4, 0.5) is 5.69 Å². The van der Waals surface area contributed by atoms with E-state index in [0.717, 1.165) is 0 Å². The van der Waals surface area contributed by atoms with Crippen molar-refractivity contribution in [2.24, 2.45) is 0 Å². The predicted octanol–water partition coefficient (Wildman–Crippen LogP) is 1.56. The van der Waals surface area contributed by atoms with Crippen molar-refractivity contribution in [3.8, 4) is 5.75 Å². The number of hydrogen-bond acceptors (Lipinski definition) is 3. The number of nitrogens with two attached hydrogens (primary N) is 1. The molecule has 16 heavy (non-hydrogen) atoms. The zero-order valence-corrected chi connectivity index (χ0v) is 9.86. The van der Waals surface area contributed by atoms with Gasteiger partial charge in [-0.15, -0.1) is 0 Å². The Kier molecular flexibility index (Phi) is 4.17. The molecule has 0 aromatic heterocycles. The predicted molar refractivity (Wildman–Crippen MR) is 64.2 cm³/mol. The standard InChI is InChI=1S/C12H18N2O2/c1-8(2)14-12(15)9(3)16-11-6-4-10(13)5-7-11/h4-9H,13H2,1-3H3,(H,14,15). The highest BCUT2D eigenvalue weighted by Gasteiger charge is 2.14. The fraction of sp³-hybridized carbons (Fsp3) is 0.417. The third kappa shape index (κ3) is 3.81. The lowest BCUT2D eigenvalue weighted by molar-refractivity contribution is -0.127. The summed E-state index contributed by atoms with van der Waals surface area (Å²) < 4.78 is 5.46. The highest BCUT2D eigenvalue weighted by molar-refractivity contribution is 5.80. The van der Waals surface area contributed by atoms with Crippen molar-refractivity contribution in [3.05, 3.63) is 24.3 Å². The lowest BCUT2D eigenvalue weighted by Gasteiger charge is -2.16. The summed E-state index contributed by atoms with van der Waals surface area (Å²) in [6.07, 6.45) is -0.508. The van der Waals surface area contributed by atoms with Crippen LogP contribution >= 0.6 is 0 Å². The molecule has 4 heteroatoms. The summed E-state index contributed by atoms with van der Waals surface area (Å²) in [7, 11) is 0. The van der Waals surface area contributed by atoms with E-state index in [4.69, 9.17) is 10.5 Å². The first-order chi connectivity index (χ1) is 7.49. The molecule has 1 rings (SSSR count). The van der Waals surface area contributed by atoms with Gasteiger partial charge in [0, 0.05) is 11.7 Å². The Morgan fingerprint density at radius 1 is 1.25 bits per heavy atom. The first-order valence-corrected chi connectivity index (χ1v) is 5.31. The summed E-state index contributed by atoms with van der Waals surface area (Å²) in [6.45, 7) is 5.54. The second-order valence-corrected chi connectivity index (χ2v) is 3.99. The van der Waals surface area contributed by atoms with E-state index < -0.39 is 6.10 Å². The average Bonchev–Trinajstić information content (AvgIpc) is 2.20. The Bertz CT molecular complexity index is 347. The topological polar surface area (TPSA) is 64.3 Å². The van der Waals surface area contributed by atoms with E-state index >= 15 is 0 Å². The zero-order valence-electron chi connectivity index (χ0n) is 9.86. The molecule has 1 unspecified atom stereocenters.